The van der Waals surface area contributed by atoms with Gasteiger partial charge in [-0.25, -0.2) is 0 Å². The van der Waals surface area contributed by atoms with Gasteiger partial charge in [-0.05, 0) is 31.2 Å². The van der Waals surface area contributed by atoms with Crippen molar-refractivity contribution >= 4 is 5.91 Å². The zero-order valence-electron chi connectivity index (χ0n) is 15.7. The summed E-state index contributed by atoms with van der Waals surface area (Å²) in [6.07, 6.45) is 3.90. The van der Waals surface area contributed by atoms with Crippen LogP contribution in [0.4, 0.5) is 0 Å². The average molecular weight is 358 g/mol. The second-order valence-corrected chi connectivity index (χ2v) is 7.92. The highest BCUT2D eigenvalue weighted by atomic mass is 16.7. The summed E-state index contributed by atoms with van der Waals surface area (Å²) < 4.78 is 12.0. The SMILES string of the molecule is CCNC(=O)[C@@H]1C[C@@H]2CC3(CC[C@H]2N(Cc2ccccc2)C1)OCCO3. The molecule has 3 fully saturated rings. The number of nitrogens with one attached hydrogen (secondary N) is 1. The Morgan fingerprint density at radius 1 is 1.27 bits per heavy atom. The first-order valence-corrected chi connectivity index (χ1v) is 10.0. The first-order chi connectivity index (χ1) is 12.7. The number of carbonyl (C=O) groups is 1. The second kappa shape index (κ2) is 7.67. The fourth-order valence-electron chi connectivity index (χ4n) is 5.09. The minimum absolute atomic E-state index is 0.0523. The Balaban J connectivity index is 1.53. The van der Waals surface area contributed by atoms with Crippen LogP contribution in [0.3, 0.4) is 0 Å². The van der Waals surface area contributed by atoms with Gasteiger partial charge >= 0.3 is 0 Å². The van der Waals surface area contributed by atoms with Gasteiger partial charge in [0.15, 0.2) is 5.79 Å². The highest BCUT2D eigenvalue weighted by Gasteiger charge is 2.49. The van der Waals surface area contributed by atoms with E-state index in [-0.39, 0.29) is 17.6 Å². The number of piperidine rings is 1. The van der Waals surface area contributed by atoms with Crippen molar-refractivity contribution in [1.82, 2.24) is 10.2 Å². The van der Waals surface area contributed by atoms with Gasteiger partial charge in [-0.15, -0.1) is 0 Å². The van der Waals surface area contributed by atoms with E-state index in [4.69, 9.17) is 9.47 Å². The molecule has 0 radical (unpaired) electrons. The Hall–Kier alpha value is -1.43. The minimum Gasteiger partial charge on any atom is -0.356 e. The summed E-state index contributed by atoms with van der Waals surface area (Å²) in [7, 11) is 0. The summed E-state index contributed by atoms with van der Waals surface area (Å²) in [4.78, 5) is 15.1. The van der Waals surface area contributed by atoms with Crippen molar-refractivity contribution in [2.75, 3.05) is 26.3 Å². The number of hydrogen-bond donors (Lipinski definition) is 1. The molecule has 0 bridgehead atoms. The Morgan fingerprint density at radius 3 is 2.77 bits per heavy atom. The third-order valence-corrected chi connectivity index (χ3v) is 6.21. The van der Waals surface area contributed by atoms with Crippen molar-refractivity contribution in [3.05, 3.63) is 35.9 Å². The van der Waals surface area contributed by atoms with Gasteiger partial charge in [0.1, 0.15) is 0 Å². The maximum Gasteiger partial charge on any atom is 0.224 e. The molecule has 1 saturated carbocycles. The molecule has 142 valence electrons. The van der Waals surface area contributed by atoms with Crippen molar-refractivity contribution in [2.24, 2.45) is 11.8 Å². The number of fused-ring (bicyclic) bond motifs is 1. The first kappa shape index (κ1) is 18.0. The van der Waals surface area contributed by atoms with E-state index < -0.39 is 0 Å². The number of carbonyl (C=O) groups excluding carboxylic acids is 1. The molecule has 0 unspecified atom stereocenters. The van der Waals surface area contributed by atoms with Crippen LogP contribution in [0.15, 0.2) is 30.3 Å². The van der Waals surface area contributed by atoms with Gasteiger partial charge in [0.25, 0.3) is 0 Å². The van der Waals surface area contributed by atoms with Crippen molar-refractivity contribution in [3.8, 4) is 0 Å². The summed E-state index contributed by atoms with van der Waals surface area (Å²) in [6, 6.07) is 11.1. The van der Waals surface area contributed by atoms with Crippen molar-refractivity contribution in [2.45, 2.75) is 51.0 Å². The van der Waals surface area contributed by atoms with Crippen LogP contribution in [0.25, 0.3) is 0 Å². The molecule has 2 saturated heterocycles. The van der Waals surface area contributed by atoms with Crippen LogP contribution >= 0.6 is 0 Å². The fourth-order valence-corrected chi connectivity index (χ4v) is 5.09. The van der Waals surface area contributed by atoms with Gasteiger partial charge < -0.3 is 14.8 Å². The summed E-state index contributed by atoms with van der Waals surface area (Å²) in [5.41, 5.74) is 1.32. The Morgan fingerprint density at radius 2 is 2.04 bits per heavy atom. The summed E-state index contributed by atoms with van der Waals surface area (Å²) in [5.74, 6) is 0.308. The Labute approximate surface area is 156 Å². The highest BCUT2D eigenvalue weighted by Crippen LogP contribution is 2.45. The van der Waals surface area contributed by atoms with Gasteiger partial charge in [0.05, 0.1) is 19.1 Å². The molecule has 0 aromatic heterocycles. The van der Waals surface area contributed by atoms with E-state index in [0.29, 0.717) is 31.7 Å². The summed E-state index contributed by atoms with van der Waals surface area (Å²) >= 11 is 0. The van der Waals surface area contributed by atoms with Crippen molar-refractivity contribution < 1.29 is 14.3 Å². The van der Waals surface area contributed by atoms with Crippen LogP contribution in [-0.2, 0) is 20.8 Å². The van der Waals surface area contributed by atoms with Crippen LogP contribution in [0.5, 0.6) is 0 Å². The number of likely N-dealkylation sites (tertiary alicyclic amines) is 1. The monoisotopic (exact) mass is 358 g/mol. The zero-order valence-corrected chi connectivity index (χ0v) is 15.7. The minimum atomic E-state index is -0.386. The molecular formula is C21H30N2O3. The lowest BCUT2D eigenvalue weighted by atomic mass is 9.72. The van der Waals surface area contributed by atoms with Crippen LogP contribution < -0.4 is 5.32 Å². The van der Waals surface area contributed by atoms with Gasteiger partial charge in [0, 0.05) is 38.5 Å². The standard InChI is InChI=1S/C21H30N2O3/c1-2-22-20(24)18-12-17-13-21(25-10-11-26-21)9-8-19(17)23(15-18)14-16-6-4-3-5-7-16/h3-7,17-19H,2,8-15H2,1H3,(H,22,24)/t17-,18-,19-/m1/s1. The lowest BCUT2D eigenvalue weighted by Crippen LogP contribution is -2.56. The lowest BCUT2D eigenvalue weighted by Gasteiger charge is -2.50. The quantitative estimate of drug-likeness (QED) is 0.899. The first-order valence-electron chi connectivity index (χ1n) is 10.0. The maximum atomic E-state index is 12.6. The summed E-state index contributed by atoms with van der Waals surface area (Å²) in [5, 5.41) is 3.03. The van der Waals surface area contributed by atoms with E-state index in [0.717, 1.165) is 38.8 Å². The van der Waals surface area contributed by atoms with Gasteiger partial charge in [-0.3, -0.25) is 9.69 Å². The molecule has 1 N–H and O–H groups in total. The van der Waals surface area contributed by atoms with Crippen LogP contribution in [-0.4, -0.2) is 48.9 Å². The van der Waals surface area contributed by atoms with Crippen LogP contribution in [0.1, 0.15) is 38.2 Å². The predicted molar refractivity (Wildman–Crippen MR) is 99.4 cm³/mol. The van der Waals surface area contributed by atoms with Crippen molar-refractivity contribution in [1.29, 1.82) is 0 Å². The third kappa shape index (κ3) is 3.66. The molecule has 2 heterocycles. The van der Waals surface area contributed by atoms with Crippen LogP contribution in [0, 0.1) is 11.8 Å². The van der Waals surface area contributed by atoms with E-state index >= 15 is 0 Å². The molecule has 1 aromatic rings. The Kier molecular flexibility index (Phi) is 5.30. The normalized spacial score (nSPS) is 30.9. The molecule has 3 atom stereocenters. The van der Waals surface area contributed by atoms with E-state index in [1.54, 1.807) is 0 Å². The predicted octanol–water partition coefficient (Wildman–Crippen LogP) is 2.56. The number of hydrogen-bond acceptors (Lipinski definition) is 4. The molecule has 26 heavy (non-hydrogen) atoms. The fraction of sp³-hybridized carbons (Fsp3) is 0.667. The zero-order chi connectivity index (χ0) is 18.0. The molecule has 3 aliphatic rings. The molecule has 1 aromatic carbocycles. The molecule has 5 heteroatoms. The lowest BCUT2D eigenvalue weighted by molar-refractivity contribution is -0.204. The van der Waals surface area contributed by atoms with Gasteiger partial charge in [-0.1, -0.05) is 30.3 Å². The van der Waals surface area contributed by atoms with Crippen LogP contribution in [0.2, 0.25) is 0 Å². The number of nitrogens with zero attached hydrogens (tertiary/aromatic N) is 1. The molecule has 4 rings (SSSR count). The number of amides is 1. The van der Waals surface area contributed by atoms with Gasteiger partial charge in [0.2, 0.25) is 5.91 Å². The number of benzene rings is 1. The van der Waals surface area contributed by atoms with Gasteiger partial charge in [-0.2, -0.15) is 0 Å². The van der Waals surface area contributed by atoms with E-state index in [2.05, 4.69) is 40.5 Å². The van der Waals surface area contributed by atoms with E-state index in [9.17, 15) is 4.79 Å². The third-order valence-electron chi connectivity index (χ3n) is 6.21. The maximum absolute atomic E-state index is 12.6. The molecule has 1 aliphatic carbocycles. The van der Waals surface area contributed by atoms with E-state index in [1.165, 1.54) is 5.56 Å². The molecular weight excluding hydrogens is 328 g/mol. The smallest absolute Gasteiger partial charge is 0.224 e. The van der Waals surface area contributed by atoms with E-state index in [1.807, 2.05) is 6.92 Å². The largest absolute Gasteiger partial charge is 0.356 e. The molecule has 1 spiro atoms. The second-order valence-electron chi connectivity index (χ2n) is 7.92. The summed E-state index contributed by atoms with van der Waals surface area (Å²) in [6.45, 7) is 5.83. The Bertz CT molecular complexity index is 615. The number of ether oxygens (including phenoxy) is 2. The molecule has 5 nitrogen and oxygen atoms in total. The topological polar surface area (TPSA) is 50.8 Å². The molecule has 2 aliphatic heterocycles. The molecule has 1 amide bonds. The average Bonchev–Trinajstić information content (AvgIpc) is 3.10. The highest BCUT2D eigenvalue weighted by molar-refractivity contribution is 5.79. The number of rotatable bonds is 4. The van der Waals surface area contributed by atoms with Crippen molar-refractivity contribution in [3.63, 3.8) is 0 Å².